The third-order valence-electron chi connectivity index (χ3n) is 5.74. The molecule has 1 aliphatic rings. The minimum Gasteiger partial charge on any atom is -0.478 e. The number of aliphatic carboxylic acids is 1. The van der Waals surface area contributed by atoms with Crippen LogP contribution in [0.1, 0.15) is 27.1 Å². The Balaban J connectivity index is 0.000000745. The molecule has 0 saturated carbocycles. The van der Waals surface area contributed by atoms with Crippen molar-refractivity contribution in [2.24, 2.45) is 0 Å². The molecule has 0 radical (unpaired) electrons. The predicted molar refractivity (Wildman–Crippen MR) is 145 cm³/mol. The van der Waals surface area contributed by atoms with E-state index in [1.54, 1.807) is 43.5 Å². The van der Waals surface area contributed by atoms with E-state index in [-0.39, 0.29) is 17.4 Å². The number of carbonyl (C=O) groups excluding carboxylic acids is 2. The lowest BCUT2D eigenvalue weighted by Gasteiger charge is -2.36. The van der Waals surface area contributed by atoms with Gasteiger partial charge in [-0.15, -0.1) is 0 Å². The number of hydrogen-bond donors (Lipinski definition) is 4. The number of carboxylic acid groups (broad SMARTS) is 2. The van der Waals surface area contributed by atoms with E-state index in [1.165, 1.54) is 6.07 Å². The normalized spacial score (nSPS) is 13.5. The summed E-state index contributed by atoms with van der Waals surface area (Å²) < 4.78 is 36.7. The van der Waals surface area contributed by atoms with Gasteiger partial charge in [-0.25, -0.2) is 9.59 Å². The van der Waals surface area contributed by atoms with Crippen molar-refractivity contribution in [1.29, 1.82) is 0 Å². The fraction of sp³-hybridized carbons (Fsp3) is 0.385. The van der Waals surface area contributed by atoms with E-state index in [4.69, 9.17) is 26.2 Å². The lowest BCUT2D eigenvalue weighted by molar-refractivity contribution is -0.192. The molecule has 1 saturated heterocycles. The highest BCUT2D eigenvalue weighted by atomic mass is 35.5. The van der Waals surface area contributed by atoms with Crippen molar-refractivity contribution < 1.29 is 47.3 Å². The number of halogens is 4. The fourth-order valence-corrected chi connectivity index (χ4v) is 3.93. The van der Waals surface area contributed by atoms with Gasteiger partial charge < -0.3 is 30.5 Å². The molecule has 1 aliphatic heterocycles. The lowest BCUT2D eigenvalue weighted by atomic mass is 10.1. The zero-order valence-electron chi connectivity index (χ0n) is 22.0. The Morgan fingerprint density at radius 3 is 2.24 bits per heavy atom. The molecular weight excluding hydrogens is 573 g/mol. The lowest BCUT2D eigenvalue weighted by Crippen LogP contribution is -2.50. The van der Waals surface area contributed by atoms with E-state index in [9.17, 15) is 32.7 Å². The quantitative estimate of drug-likeness (QED) is 0.301. The van der Waals surface area contributed by atoms with Crippen LogP contribution >= 0.6 is 11.6 Å². The van der Waals surface area contributed by atoms with Crippen molar-refractivity contribution in [1.82, 2.24) is 10.2 Å². The average molecular weight is 603 g/mol. The number of benzene rings is 2. The third kappa shape index (κ3) is 11.3. The van der Waals surface area contributed by atoms with Crippen LogP contribution in [0.3, 0.4) is 0 Å². The van der Waals surface area contributed by atoms with E-state index in [0.29, 0.717) is 67.8 Å². The largest absolute Gasteiger partial charge is 0.490 e. The molecule has 41 heavy (non-hydrogen) atoms. The van der Waals surface area contributed by atoms with Gasteiger partial charge in [-0.1, -0.05) is 17.7 Å². The Bertz CT molecular complexity index is 1220. The SMILES string of the molecule is COCCCNC(=O)CN1CCN(c2ccc(NC(=O)c3cccc(Cl)c3)cc2C(=O)O)CC1.O=C(O)C(F)(F)F. The summed E-state index contributed by atoms with van der Waals surface area (Å²) in [6.45, 7) is 3.94. The van der Waals surface area contributed by atoms with Crippen LogP contribution in [0, 0.1) is 0 Å². The number of piperazine rings is 1. The van der Waals surface area contributed by atoms with E-state index >= 15 is 0 Å². The van der Waals surface area contributed by atoms with Crippen molar-refractivity contribution in [3.05, 3.63) is 58.6 Å². The molecule has 2 aromatic rings. The maximum Gasteiger partial charge on any atom is 0.490 e. The first-order chi connectivity index (χ1) is 19.3. The zero-order valence-corrected chi connectivity index (χ0v) is 22.8. The Kier molecular flexibility index (Phi) is 12.8. The van der Waals surface area contributed by atoms with Crippen molar-refractivity contribution in [2.75, 3.05) is 63.2 Å². The number of rotatable bonds is 10. The van der Waals surface area contributed by atoms with Gasteiger partial charge in [0.1, 0.15) is 0 Å². The molecule has 0 unspecified atom stereocenters. The Hall–Kier alpha value is -3.88. The summed E-state index contributed by atoms with van der Waals surface area (Å²) in [5.41, 5.74) is 1.45. The van der Waals surface area contributed by atoms with Crippen molar-refractivity contribution >= 4 is 46.7 Å². The summed E-state index contributed by atoms with van der Waals surface area (Å²) in [4.78, 5) is 49.4. The molecule has 1 heterocycles. The van der Waals surface area contributed by atoms with E-state index < -0.39 is 18.1 Å². The average Bonchev–Trinajstić information content (AvgIpc) is 2.91. The maximum atomic E-state index is 12.5. The van der Waals surface area contributed by atoms with E-state index in [2.05, 4.69) is 10.6 Å². The van der Waals surface area contributed by atoms with E-state index in [0.717, 1.165) is 6.42 Å². The van der Waals surface area contributed by atoms with Gasteiger partial charge in [0.2, 0.25) is 5.91 Å². The minimum atomic E-state index is -5.08. The van der Waals surface area contributed by atoms with Gasteiger partial charge in [-0.3, -0.25) is 14.5 Å². The monoisotopic (exact) mass is 602 g/mol. The summed E-state index contributed by atoms with van der Waals surface area (Å²) >= 11 is 5.94. The zero-order chi connectivity index (χ0) is 30.6. The fourth-order valence-electron chi connectivity index (χ4n) is 3.74. The topological polar surface area (TPSA) is 149 Å². The second-order valence-electron chi connectivity index (χ2n) is 8.76. The summed E-state index contributed by atoms with van der Waals surface area (Å²) in [7, 11) is 1.63. The summed E-state index contributed by atoms with van der Waals surface area (Å²) in [5, 5.41) is 22.9. The Morgan fingerprint density at radius 1 is 1.02 bits per heavy atom. The molecule has 0 spiro atoms. The van der Waals surface area contributed by atoms with Crippen LogP contribution < -0.4 is 15.5 Å². The highest BCUT2D eigenvalue weighted by Crippen LogP contribution is 2.26. The molecule has 15 heteroatoms. The molecule has 2 aromatic carbocycles. The van der Waals surface area contributed by atoms with Gasteiger partial charge in [0.05, 0.1) is 17.8 Å². The van der Waals surface area contributed by atoms with Crippen LogP contribution in [0.25, 0.3) is 0 Å². The summed E-state index contributed by atoms with van der Waals surface area (Å²) in [6, 6.07) is 11.4. The molecule has 224 valence electrons. The van der Waals surface area contributed by atoms with Crippen molar-refractivity contribution in [3.63, 3.8) is 0 Å². The van der Waals surface area contributed by atoms with Crippen LogP contribution in [-0.2, 0) is 14.3 Å². The molecule has 2 amide bonds. The summed E-state index contributed by atoms with van der Waals surface area (Å²) in [6.07, 6.45) is -4.32. The molecule has 0 bridgehead atoms. The van der Waals surface area contributed by atoms with Gasteiger partial charge in [-0.05, 0) is 42.8 Å². The molecule has 0 aromatic heterocycles. The van der Waals surface area contributed by atoms with Crippen LogP contribution in [0.5, 0.6) is 0 Å². The number of anilines is 2. The number of methoxy groups -OCH3 is 1. The predicted octanol–water partition coefficient (Wildman–Crippen LogP) is 3.20. The number of amides is 2. The number of ether oxygens (including phenoxy) is 1. The first kappa shape index (κ1) is 33.3. The van der Waals surface area contributed by atoms with Gasteiger partial charge in [0, 0.05) is 62.7 Å². The third-order valence-corrected chi connectivity index (χ3v) is 5.98. The number of carboxylic acids is 2. The van der Waals surface area contributed by atoms with Gasteiger partial charge in [0.15, 0.2) is 0 Å². The number of hydrogen-bond acceptors (Lipinski definition) is 7. The number of alkyl halides is 3. The van der Waals surface area contributed by atoms with Gasteiger partial charge >= 0.3 is 18.1 Å². The molecule has 0 aliphatic carbocycles. The molecule has 1 fully saturated rings. The number of nitrogens with one attached hydrogen (secondary N) is 2. The molecular formula is C26H30ClF3N4O7. The Labute approximate surface area is 238 Å². The highest BCUT2D eigenvalue weighted by Gasteiger charge is 2.38. The smallest absolute Gasteiger partial charge is 0.478 e. The molecule has 3 rings (SSSR count). The summed E-state index contributed by atoms with van der Waals surface area (Å²) in [5.74, 6) is -4.24. The first-order valence-electron chi connectivity index (χ1n) is 12.3. The minimum absolute atomic E-state index is 0.0319. The second-order valence-corrected chi connectivity index (χ2v) is 9.20. The van der Waals surface area contributed by atoms with E-state index in [1.807, 2.05) is 9.80 Å². The molecule has 0 atom stereocenters. The van der Waals surface area contributed by atoms with Crippen LogP contribution in [0.4, 0.5) is 24.5 Å². The Morgan fingerprint density at radius 2 is 1.68 bits per heavy atom. The van der Waals surface area contributed by atoms with Crippen LogP contribution in [0.15, 0.2) is 42.5 Å². The molecule has 4 N–H and O–H groups in total. The first-order valence-corrected chi connectivity index (χ1v) is 12.7. The van der Waals surface area contributed by atoms with Crippen molar-refractivity contribution in [2.45, 2.75) is 12.6 Å². The van der Waals surface area contributed by atoms with Crippen LogP contribution in [-0.4, -0.2) is 98.0 Å². The van der Waals surface area contributed by atoms with Crippen LogP contribution in [0.2, 0.25) is 5.02 Å². The number of aromatic carboxylic acids is 1. The molecule has 11 nitrogen and oxygen atoms in total. The number of carbonyl (C=O) groups is 4. The standard InChI is InChI=1S/C24H29ClN4O5.C2HF3O2/c1-34-13-3-8-26-22(30)16-28-9-11-29(12-10-28)21-7-6-19(15-20(21)24(32)33)27-23(31)17-4-2-5-18(25)14-17;3-2(4,5)1(6)7/h2,4-7,14-15H,3,8-13,16H2,1H3,(H,26,30)(H,27,31)(H,32,33);(H,6,7). The maximum absolute atomic E-state index is 12.5. The highest BCUT2D eigenvalue weighted by molar-refractivity contribution is 6.31. The second kappa shape index (κ2) is 15.8. The van der Waals surface area contributed by atoms with Gasteiger partial charge in [0.25, 0.3) is 5.91 Å². The van der Waals surface area contributed by atoms with Gasteiger partial charge in [-0.2, -0.15) is 13.2 Å². The number of nitrogens with zero attached hydrogens (tertiary/aromatic N) is 2. The van der Waals surface area contributed by atoms with Crippen molar-refractivity contribution in [3.8, 4) is 0 Å².